The number of likely N-dealkylation sites (tertiary alicyclic amines) is 1. The number of hydrogen-bond donors (Lipinski definition) is 2. The molecule has 182 valence electrons. The van der Waals surface area contributed by atoms with Gasteiger partial charge in [-0.15, -0.1) is 0 Å². The van der Waals surface area contributed by atoms with Gasteiger partial charge >= 0.3 is 0 Å². The zero-order valence-corrected chi connectivity index (χ0v) is 18.9. The van der Waals surface area contributed by atoms with Gasteiger partial charge in [0.1, 0.15) is 0 Å². The molecule has 0 amide bonds. The minimum atomic E-state index is -2.52. The Bertz CT molecular complexity index is 1150. The van der Waals surface area contributed by atoms with Gasteiger partial charge in [-0.2, -0.15) is 9.49 Å². The van der Waals surface area contributed by atoms with Crippen LogP contribution in [-0.2, 0) is 6.42 Å². The fraction of sp³-hybridized carbons (Fsp3) is 0.500. The lowest BCUT2D eigenvalue weighted by Crippen LogP contribution is -2.55. The molecular weight excluding hydrogens is 448 g/mol. The molecule has 1 saturated heterocycles. The molecule has 34 heavy (non-hydrogen) atoms. The molecule has 0 saturated carbocycles. The van der Waals surface area contributed by atoms with Gasteiger partial charge in [0, 0.05) is 31.1 Å². The number of anilines is 1. The van der Waals surface area contributed by atoms with Gasteiger partial charge < -0.3 is 5.32 Å². The summed E-state index contributed by atoms with van der Waals surface area (Å²) in [5, 5.41) is 11.2. The topological polar surface area (TPSA) is 60.1 Å². The van der Waals surface area contributed by atoms with Crippen molar-refractivity contribution in [2.75, 3.05) is 38.2 Å². The molecule has 2 N–H and O–H groups in total. The first kappa shape index (κ1) is 23.0. The van der Waals surface area contributed by atoms with Gasteiger partial charge in [-0.25, -0.2) is 13.8 Å². The third-order valence-corrected chi connectivity index (χ3v) is 6.89. The predicted octanol–water partition coefficient (Wildman–Crippen LogP) is 4.15. The van der Waals surface area contributed by atoms with Crippen LogP contribution < -0.4 is 5.32 Å². The molecule has 1 fully saturated rings. The summed E-state index contributed by atoms with van der Waals surface area (Å²) >= 11 is 0. The Balaban J connectivity index is 1.43. The van der Waals surface area contributed by atoms with Crippen LogP contribution in [0.15, 0.2) is 30.5 Å². The second-order valence-electron chi connectivity index (χ2n) is 9.23. The third-order valence-electron chi connectivity index (χ3n) is 6.89. The zero-order valence-electron chi connectivity index (χ0n) is 18.9. The molecule has 2 aromatic heterocycles. The number of aromatic amines is 1. The van der Waals surface area contributed by atoms with Crippen LogP contribution in [0.1, 0.15) is 36.2 Å². The Hall–Kier alpha value is -2.72. The van der Waals surface area contributed by atoms with Crippen LogP contribution in [0.3, 0.4) is 0 Å². The lowest BCUT2D eigenvalue weighted by atomic mass is 9.85. The molecule has 3 aromatic rings. The van der Waals surface area contributed by atoms with Gasteiger partial charge in [0.25, 0.3) is 6.43 Å². The number of halogens is 4. The van der Waals surface area contributed by atoms with Crippen LogP contribution in [0.25, 0.3) is 10.9 Å². The SMILES string of the molecule is C[C@@H]1Cc2c(ccc3[nH]ncc23)C(c2ccc(NC3CN(CCCF)C3)c(F)n2)N1CC(F)F. The van der Waals surface area contributed by atoms with Gasteiger partial charge in [0.2, 0.25) is 5.95 Å². The highest BCUT2D eigenvalue weighted by atomic mass is 19.3. The monoisotopic (exact) mass is 476 g/mol. The Labute approximate surface area is 195 Å². The number of fused-ring (bicyclic) bond motifs is 3. The van der Waals surface area contributed by atoms with Crippen molar-refractivity contribution in [2.45, 2.75) is 44.3 Å². The van der Waals surface area contributed by atoms with Crippen molar-refractivity contribution >= 4 is 16.6 Å². The largest absolute Gasteiger partial charge is 0.376 e. The Kier molecular flexibility index (Phi) is 6.44. The van der Waals surface area contributed by atoms with Crippen molar-refractivity contribution in [3.63, 3.8) is 0 Å². The van der Waals surface area contributed by atoms with Crippen LogP contribution in [0, 0.1) is 5.95 Å². The van der Waals surface area contributed by atoms with E-state index in [9.17, 15) is 13.2 Å². The zero-order chi connectivity index (χ0) is 23.8. The van der Waals surface area contributed by atoms with Crippen LogP contribution in [0.4, 0.5) is 23.2 Å². The van der Waals surface area contributed by atoms with Crippen molar-refractivity contribution in [2.24, 2.45) is 0 Å². The second-order valence-corrected chi connectivity index (χ2v) is 9.23. The molecule has 1 unspecified atom stereocenters. The van der Waals surface area contributed by atoms with Crippen molar-refractivity contribution in [1.29, 1.82) is 0 Å². The molecule has 6 nitrogen and oxygen atoms in total. The summed E-state index contributed by atoms with van der Waals surface area (Å²) in [6, 6.07) is 6.43. The molecule has 10 heteroatoms. The minimum Gasteiger partial charge on any atom is -0.376 e. The van der Waals surface area contributed by atoms with E-state index in [0.717, 1.165) is 35.1 Å². The number of H-pyrrole nitrogens is 1. The van der Waals surface area contributed by atoms with E-state index in [4.69, 9.17) is 0 Å². The van der Waals surface area contributed by atoms with Gasteiger partial charge in [-0.1, -0.05) is 6.07 Å². The minimum absolute atomic E-state index is 0.0712. The van der Waals surface area contributed by atoms with E-state index in [0.29, 0.717) is 25.1 Å². The molecule has 2 aliphatic heterocycles. The van der Waals surface area contributed by atoms with Gasteiger partial charge in [-0.3, -0.25) is 19.3 Å². The van der Waals surface area contributed by atoms with Crippen molar-refractivity contribution in [1.82, 2.24) is 25.0 Å². The number of benzene rings is 1. The molecule has 0 radical (unpaired) electrons. The summed E-state index contributed by atoms with van der Waals surface area (Å²) in [6.45, 7) is 3.28. The third kappa shape index (κ3) is 4.36. The Morgan fingerprint density at radius 2 is 2.03 bits per heavy atom. The molecule has 1 aromatic carbocycles. The van der Waals surface area contributed by atoms with E-state index in [-0.39, 0.29) is 24.4 Å². The summed E-state index contributed by atoms with van der Waals surface area (Å²) in [7, 11) is 0. The highest BCUT2D eigenvalue weighted by Gasteiger charge is 2.37. The fourth-order valence-electron chi connectivity index (χ4n) is 5.25. The van der Waals surface area contributed by atoms with Gasteiger partial charge in [0.15, 0.2) is 0 Å². The average molecular weight is 477 g/mol. The molecule has 0 spiro atoms. The van der Waals surface area contributed by atoms with Crippen LogP contribution in [0.5, 0.6) is 0 Å². The van der Waals surface area contributed by atoms with Crippen molar-refractivity contribution < 1.29 is 17.6 Å². The van der Waals surface area contributed by atoms with Crippen LogP contribution in [-0.4, -0.2) is 76.3 Å². The molecule has 0 bridgehead atoms. The number of nitrogens with one attached hydrogen (secondary N) is 2. The predicted molar refractivity (Wildman–Crippen MR) is 122 cm³/mol. The first-order valence-corrected chi connectivity index (χ1v) is 11.6. The number of nitrogens with zero attached hydrogens (tertiary/aromatic N) is 4. The maximum atomic E-state index is 15.1. The highest BCUT2D eigenvalue weighted by Crippen LogP contribution is 2.40. The maximum absolute atomic E-state index is 15.1. The van der Waals surface area contributed by atoms with Gasteiger partial charge in [0.05, 0.1) is 48.4 Å². The average Bonchev–Trinajstić information content (AvgIpc) is 3.26. The highest BCUT2D eigenvalue weighted by molar-refractivity contribution is 5.83. The number of hydrogen-bond acceptors (Lipinski definition) is 5. The first-order chi connectivity index (χ1) is 16.4. The summed E-state index contributed by atoms with van der Waals surface area (Å²) < 4.78 is 54.4. The quantitative estimate of drug-likeness (QED) is 0.378. The smallest absolute Gasteiger partial charge is 0.251 e. The van der Waals surface area contributed by atoms with E-state index in [1.807, 2.05) is 19.1 Å². The van der Waals surface area contributed by atoms with Gasteiger partial charge in [-0.05, 0) is 49.1 Å². The Morgan fingerprint density at radius 3 is 2.76 bits per heavy atom. The second kappa shape index (κ2) is 9.50. The standard InChI is InChI=1S/C24H28F4N6/c1-14-9-17-16(3-4-19-18(17)10-29-32-19)23(34(14)13-22(26)27)20-5-6-21(24(28)31-20)30-15-11-33(12-15)8-2-7-25/h3-6,10,14-15,22-23,30H,2,7-9,11-13H2,1H3,(H,29,32)/t14-,23?/m1/s1. The van der Waals surface area contributed by atoms with E-state index >= 15 is 4.39 Å². The molecular formula is C24H28F4N6. The lowest BCUT2D eigenvalue weighted by molar-refractivity contribution is 0.0454. The number of alkyl halides is 3. The summed E-state index contributed by atoms with van der Waals surface area (Å²) in [4.78, 5) is 8.05. The van der Waals surface area contributed by atoms with Crippen LogP contribution in [0.2, 0.25) is 0 Å². The van der Waals surface area contributed by atoms with Crippen molar-refractivity contribution in [3.8, 4) is 0 Å². The lowest BCUT2D eigenvalue weighted by Gasteiger charge is -2.42. The summed E-state index contributed by atoms with van der Waals surface area (Å²) in [6.07, 6.45) is 0.322. The molecule has 2 atom stereocenters. The maximum Gasteiger partial charge on any atom is 0.251 e. The summed E-state index contributed by atoms with van der Waals surface area (Å²) in [5.74, 6) is -0.652. The number of rotatable bonds is 8. The molecule has 4 heterocycles. The van der Waals surface area contributed by atoms with Crippen molar-refractivity contribution in [3.05, 3.63) is 53.2 Å². The molecule has 2 aliphatic rings. The first-order valence-electron chi connectivity index (χ1n) is 11.6. The number of pyridine rings is 1. The van der Waals surface area contributed by atoms with Crippen LogP contribution >= 0.6 is 0 Å². The van der Waals surface area contributed by atoms with E-state index < -0.39 is 25.0 Å². The summed E-state index contributed by atoms with van der Waals surface area (Å²) in [5.41, 5.74) is 3.45. The normalized spacial score (nSPS) is 21.7. The van der Waals surface area contributed by atoms with E-state index in [2.05, 4.69) is 25.4 Å². The fourth-order valence-corrected chi connectivity index (χ4v) is 5.25. The van der Waals surface area contributed by atoms with E-state index in [1.54, 1.807) is 23.2 Å². The van der Waals surface area contributed by atoms with E-state index in [1.165, 1.54) is 0 Å². The number of aromatic nitrogens is 3. The molecule has 5 rings (SSSR count). The Morgan fingerprint density at radius 1 is 1.21 bits per heavy atom. The molecule has 0 aliphatic carbocycles.